The van der Waals surface area contributed by atoms with Gasteiger partial charge < -0.3 is 10.2 Å². The SMILES string of the molecule is CN1C(=O)CCC(n2c(CO)nnc2SCC(=O)O)C1=O. The first-order chi connectivity index (χ1) is 9.95. The van der Waals surface area contributed by atoms with E-state index in [9.17, 15) is 19.5 Å². The number of carboxylic acid groups (broad SMARTS) is 1. The third-order valence-electron chi connectivity index (χ3n) is 3.13. The van der Waals surface area contributed by atoms with Crippen molar-refractivity contribution in [1.82, 2.24) is 19.7 Å². The Morgan fingerprint density at radius 3 is 2.76 bits per heavy atom. The Morgan fingerprint density at radius 1 is 1.43 bits per heavy atom. The molecular formula is C11H14N4O5S. The molecule has 1 atom stereocenters. The molecule has 1 aliphatic rings. The Kier molecular flexibility index (Phi) is 4.58. The van der Waals surface area contributed by atoms with Gasteiger partial charge in [-0.1, -0.05) is 11.8 Å². The largest absolute Gasteiger partial charge is 0.481 e. The minimum Gasteiger partial charge on any atom is -0.481 e. The van der Waals surface area contributed by atoms with Crippen molar-refractivity contribution >= 4 is 29.5 Å². The van der Waals surface area contributed by atoms with E-state index in [0.29, 0.717) is 0 Å². The average Bonchev–Trinajstić information content (AvgIpc) is 2.85. The highest BCUT2D eigenvalue weighted by molar-refractivity contribution is 7.99. The molecule has 0 radical (unpaired) electrons. The fourth-order valence-corrected chi connectivity index (χ4v) is 2.81. The number of imide groups is 1. The molecule has 0 saturated carbocycles. The number of hydrogen-bond acceptors (Lipinski definition) is 7. The maximum Gasteiger partial charge on any atom is 0.313 e. The monoisotopic (exact) mass is 314 g/mol. The number of aliphatic hydroxyl groups is 1. The first-order valence-electron chi connectivity index (χ1n) is 6.15. The number of likely N-dealkylation sites (tertiary alicyclic amines) is 1. The van der Waals surface area contributed by atoms with Gasteiger partial charge in [0.15, 0.2) is 11.0 Å². The molecule has 114 valence electrons. The van der Waals surface area contributed by atoms with E-state index in [1.165, 1.54) is 11.6 Å². The lowest BCUT2D eigenvalue weighted by Crippen LogP contribution is -2.43. The van der Waals surface area contributed by atoms with Crippen LogP contribution in [-0.2, 0) is 21.0 Å². The number of aliphatic hydroxyl groups excluding tert-OH is 1. The molecule has 1 aromatic rings. The van der Waals surface area contributed by atoms with Crippen molar-refractivity contribution < 1.29 is 24.6 Å². The topological polar surface area (TPSA) is 126 Å². The number of rotatable bonds is 5. The van der Waals surface area contributed by atoms with Gasteiger partial charge >= 0.3 is 5.97 Å². The summed E-state index contributed by atoms with van der Waals surface area (Å²) in [5.41, 5.74) is 0. The van der Waals surface area contributed by atoms with Crippen molar-refractivity contribution in [3.63, 3.8) is 0 Å². The van der Waals surface area contributed by atoms with E-state index in [-0.39, 0.29) is 35.5 Å². The molecule has 0 bridgehead atoms. The first-order valence-corrected chi connectivity index (χ1v) is 7.14. The molecule has 1 aromatic heterocycles. The van der Waals surface area contributed by atoms with Gasteiger partial charge in [0, 0.05) is 13.5 Å². The molecule has 0 aliphatic carbocycles. The van der Waals surface area contributed by atoms with Crippen LogP contribution >= 0.6 is 11.8 Å². The van der Waals surface area contributed by atoms with E-state index in [2.05, 4.69) is 10.2 Å². The van der Waals surface area contributed by atoms with Crippen LogP contribution in [0.2, 0.25) is 0 Å². The highest BCUT2D eigenvalue weighted by Gasteiger charge is 2.35. The number of piperidine rings is 1. The van der Waals surface area contributed by atoms with Crippen LogP contribution in [0.3, 0.4) is 0 Å². The molecule has 1 fully saturated rings. The van der Waals surface area contributed by atoms with Crippen molar-refractivity contribution in [3.8, 4) is 0 Å². The molecule has 2 amide bonds. The van der Waals surface area contributed by atoms with Crippen molar-refractivity contribution in [2.45, 2.75) is 30.6 Å². The second-order valence-electron chi connectivity index (χ2n) is 4.45. The van der Waals surface area contributed by atoms with Crippen molar-refractivity contribution in [2.24, 2.45) is 0 Å². The molecule has 2 N–H and O–H groups in total. The summed E-state index contributed by atoms with van der Waals surface area (Å²) >= 11 is 0.912. The lowest BCUT2D eigenvalue weighted by molar-refractivity contribution is -0.149. The number of likely N-dealkylation sites (N-methyl/N-ethyl adjacent to an activating group) is 1. The van der Waals surface area contributed by atoms with Crippen LogP contribution in [0.15, 0.2) is 5.16 Å². The number of carbonyl (C=O) groups excluding carboxylic acids is 2. The second-order valence-corrected chi connectivity index (χ2v) is 5.40. The summed E-state index contributed by atoms with van der Waals surface area (Å²) in [6, 6.07) is -0.707. The van der Waals surface area contributed by atoms with Crippen LogP contribution in [-0.4, -0.2) is 60.5 Å². The molecule has 2 heterocycles. The predicted octanol–water partition coefficient (Wildman–Crippen LogP) is -0.733. The molecule has 21 heavy (non-hydrogen) atoms. The van der Waals surface area contributed by atoms with Crippen LogP contribution in [0.4, 0.5) is 0 Å². The molecule has 0 aromatic carbocycles. The molecule has 0 spiro atoms. The first kappa shape index (κ1) is 15.4. The summed E-state index contributed by atoms with van der Waals surface area (Å²) in [5.74, 6) is -1.78. The summed E-state index contributed by atoms with van der Waals surface area (Å²) in [4.78, 5) is 35.4. The zero-order chi connectivity index (χ0) is 15.6. The molecule has 1 aliphatic heterocycles. The van der Waals surface area contributed by atoms with Crippen LogP contribution < -0.4 is 0 Å². The highest BCUT2D eigenvalue weighted by atomic mass is 32.2. The second kappa shape index (κ2) is 6.22. The summed E-state index contributed by atoms with van der Waals surface area (Å²) in [6.07, 6.45) is 0.465. The zero-order valence-corrected chi connectivity index (χ0v) is 12.0. The smallest absolute Gasteiger partial charge is 0.313 e. The van der Waals surface area contributed by atoms with Gasteiger partial charge in [-0.25, -0.2) is 0 Å². The number of carboxylic acids is 1. The van der Waals surface area contributed by atoms with E-state index in [1.54, 1.807) is 0 Å². The minimum absolute atomic E-state index is 0.170. The van der Waals surface area contributed by atoms with E-state index in [1.807, 2.05) is 0 Å². The fraction of sp³-hybridized carbons (Fsp3) is 0.545. The number of aromatic nitrogens is 3. The highest BCUT2D eigenvalue weighted by Crippen LogP contribution is 2.29. The Bertz CT molecular complexity index is 587. The number of amides is 2. The van der Waals surface area contributed by atoms with Gasteiger partial charge in [0.25, 0.3) is 5.91 Å². The fourth-order valence-electron chi connectivity index (χ4n) is 2.09. The molecule has 10 heteroatoms. The number of aliphatic carboxylic acids is 1. The molecule has 9 nitrogen and oxygen atoms in total. The van der Waals surface area contributed by atoms with Gasteiger partial charge in [-0.05, 0) is 6.42 Å². The minimum atomic E-state index is -1.03. The Labute approximate surface area is 123 Å². The molecule has 1 unspecified atom stereocenters. The van der Waals surface area contributed by atoms with Crippen molar-refractivity contribution in [3.05, 3.63) is 5.82 Å². The van der Waals surface area contributed by atoms with Crippen LogP contribution in [0.25, 0.3) is 0 Å². The van der Waals surface area contributed by atoms with Gasteiger partial charge in [0.05, 0.1) is 5.75 Å². The summed E-state index contributed by atoms with van der Waals surface area (Å²) in [6.45, 7) is -0.428. The number of carbonyl (C=O) groups is 3. The summed E-state index contributed by atoms with van der Waals surface area (Å²) < 4.78 is 1.42. The number of hydrogen-bond donors (Lipinski definition) is 2. The maximum atomic E-state index is 12.2. The van der Waals surface area contributed by atoms with Gasteiger partial charge in [-0.3, -0.25) is 23.9 Å². The van der Waals surface area contributed by atoms with Crippen molar-refractivity contribution in [2.75, 3.05) is 12.8 Å². The van der Waals surface area contributed by atoms with E-state index in [0.717, 1.165) is 16.7 Å². The van der Waals surface area contributed by atoms with Crippen LogP contribution in [0.5, 0.6) is 0 Å². The zero-order valence-electron chi connectivity index (χ0n) is 11.2. The molecule has 1 saturated heterocycles. The third-order valence-corrected chi connectivity index (χ3v) is 4.06. The number of nitrogens with zero attached hydrogens (tertiary/aromatic N) is 4. The lowest BCUT2D eigenvalue weighted by atomic mass is 10.0. The van der Waals surface area contributed by atoms with Gasteiger partial charge in [0.1, 0.15) is 12.6 Å². The average molecular weight is 314 g/mol. The molecular weight excluding hydrogens is 300 g/mol. The summed E-state index contributed by atoms with van der Waals surface area (Å²) in [7, 11) is 1.39. The maximum absolute atomic E-state index is 12.2. The predicted molar refractivity (Wildman–Crippen MR) is 70.4 cm³/mol. The third kappa shape index (κ3) is 3.05. The standard InChI is InChI=1S/C11H14N4O5S/c1-14-8(17)3-2-6(10(14)20)15-7(4-16)12-13-11(15)21-5-9(18)19/h6,16H,2-5H2,1H3,(H,18,19). The van der Waals surface area contributed by atoms with E-state index >= 15 is 0 Å². The van der Waals surface area contributed by atoms with Crippen LogP contribution in [0.1, 0.15) is 24.7 Å². The van der Waals surface area contributed by atoms with Crippen LogP contribution in [0, 0.1) is 0 Å². The molecule has 2 rings (SSSR count). The van der Waals surface area contributed by atoms with Gasteiger partial charge in [-0.15, -0.1) is 10.2 Å². The lowest BCUT2D eigenvalue weighted by Gasteiger charge is -2.29. The Balaban J connectivity index is 2.32. The Morgan fingerprint density at radius 2 is 2.14 bits per heavy atom. The van der Waals surface area contributed by atoms with E-state index in [4.69, 9.17) is 5.11 Å². The summed E-state index contributed by atoms with van der Waals surface area (Å²) in [5, 5.41) is 25.8. The van der Waals surface area contributed by atoms with Gasteiger partial charge in [0.2, 0.25) is 5.91 Å². The van der Waals surface area contributed by atoms with Crippen molar-refractivity contribution in [1.29, 1.82) is 0 Å². The van der Waals surface area contributed by atoms with Gasteiger partial charge in [-0.2, -0.15) is 0 Å². The quantitative estimate of drug-likeness (QED) is 0.538. The Hall–Kier alpha value is -1.94. The normalized spacial score (nSPS) is 19.1. The number of thioether (sulfide) groups is 1. The van der Waals surface area contributed by atoms with E-state index < -0.39 is 24.5 Å².